The maximum atomic E-state index is 13.6. The van der Waals surface area contributed by atoms with Gasteiger partial charge in [0.2, 0.25) is 0 Å². The average molecular weight is 566 g/mol. The summed E-state index contributed by atoms with van der Waals surface area (Å²) in [7, 11) is 0. The van der Waals surface area contributed by atoms with E-state index in [1.165, 1.54) is 11.8 Å². The second-order valence-corrected chi connectivity index (χ2v) is 10.4. The first kappa shape index (κ1) is 25.4. The van der Waals surface area contributed by atoms with Crippen molar-refractivity contribution in [2.45, 2.75) is 6.61 Å². The molecule has 1 saturated heterocycles. The summed E-state index contributed by atoms with van der Waals surface area (Å²) in [6.45, 7) is 0.374. The van der Waals surface area contributed by atoms with E-state index in [1.807, 2.05) is 66.7 Å². The normalized spacial score (nSPS) is 15.5. The summed E-state index contributed by atoms with van der Waals surface area (Å²) >= 11 is 19.4. The van der Waals surface area contributed by atoms with Crippen molar-refractivity contribution in [3.05, 3.63) is 128 Å². The first-order chi connectivity index (χ1) is 18.0. The topological polar surface area (TPSA) is 41.9 Å². The number of amidine groups is 1. The van der Waals surface area contributed by atoms with Crippen LogP contribution < -0.4 is 9.64 Å². The number of nitrogens with zero attached hydrogens (tertiary/aromatic N) is 2. The molecule has 0 aromatic heterocycles. The van der Waals surface area contributed by atoms with Gasteiger partial charge < -0.3 is 4.74 Å². The number of hydrogen-bond acceptors (Lipinski definition) is 4. The largest absolute Gasteiger partial charge is 0.488 e. The van der Waals surface area contributed by atoms with Crippen molar-refractivity contribution < 1.29 is 9.53 Å². The molecule has 37 heavy (non-hydrogen) atoms. The van der Waals surface area contributed by atoms with Crippen LogP contribution in [0.15, 0.2) is 107 Å². The molecule has 0 atom stereocenters. The van der Waals surface area contributed by atoms with Gasteiger partial charge in [0.05, 0.1) is 16.3 Å². The second kappa shape index (κ2) is 11.4. The molecule has 4 aromatic rings. The number of anilines is 1. The molecule has 184 valence electrons. The van der Waals surface area contributed by atoms with Crippen LogP contribution in [0.2, 0.25) is 15.1 Å². The van der Waals surface area contributed by atoms with E-state index in [-0.39, 0.29) is 5.91 Å². The Morgan fingerprint density at radius 3 is 2.05 bits per heavy atom. The van der Waals surface area contributed by atoms with E-state index in [4.69, 9.17) is 44.5 Å². The van der Waals surface area contributed by atoms with Gasteiger partial charge in [0.1, 0.15) is 12.4 Å². The van der Waals surface area contributed by atoms with Crippen LogP contribution in [-0.4, -0.2) is 11.1 Å². The number of halogens is 3. The molecule has 4 nitrogen and oxygen atoms in total. The number of hydrogen-bond donors (Lipinski definition) is 0. The second-order valence-electron chi connectivity index (χ2n) is 8.05. The van der Waals surface area contributed by atoms with Crippen LogP contribution in [0.5, 0.6) is 5.75 Å². The SMILES string of the molecule is O=C1/C(=C/c2ccccc2OCc2ccc(Cl)cc2)SC(=Nc2ccc(Cl)cc2)N1c1ccc(Cl)cc1. The van der Waals surface area contributed by atoms with Crippen molar-refractivity contribution in [2.24, 2.45) is 4.99 Å². The van der Waals surface area contributed by atoms with Gasteiger partial charge in [-0.2, -0.15) is 0 Å². The molecule has 1 fully saturated rings. The smallest absolute Gasteiger partial charge is 0.271 e. The fourth-order valence-corrected chi connectivity index (χ4v) is 4.98. The molecule has 1 aliphatic rings. The maximum Gasteiger partial charge on any atom is 0.271 e. The number of amides is 1. The van der Waals surface area contributed by atoms with Gasteiger partial charge >= 0.3 is 0 Å². The molecule has 1 heterocycles. The van der Waals surface area contributed by atoms with Crippen molar-refractivity contribution in [3.8, 4) is 5.75 Å². The predicted molar refractivity (Wildman–Crippen MR) is 155 cm³/mol. The highest BCUT2D eigenvalue weighted by Crippen LogP contribution is 2.38. The van der Waals surface area contributed by atoms with Gasteiger partial charge in [0.25, 0.3) is 5.91 Å². The van der Waals surface area contributed by atoms with Crippen LogP contribution in [0.4, 0.5) is 11.4 Å². The van der Waals surface area contributed by atoms with Crippen LogP contribution in [0, 0.1) is 0 Å². The van der Waals surface area contributed by atoms with Gasteiger partial charge in [-0.25, -0.2) is 4.99 Å². The lowest BCUT2D eigenvalue weighted by molar-refractivity contribution is -0.113. The highest BCUT2D eigenvalue weighted by atomic mass is 35.5. The number of thioether (sulfide) groups is 1. The Hall–Kier alpha value is -3.22. The Labute approximate surface area is 234 Å². The van der Waals surface area contributed by atoms with E-state index >= 15 is 0 Å². The molecular weight excluding hydrogens is 547 g/mol. The third kappa shape index (κ3) is 6.20. The van der Waals surface area contributed by atoms with Gasteiger partial charge in [-0.05, 0) is 90.1 Å². The Morgan fingerprint density at radius 2 is 1.38 bits per heavy atom. The molecule has 0 radical (unpaired) electrons. The van der Waals surface area contributed by atoms with Crippen LogP contribution in [0.3, 0.4) is 0 Å². The van der Waals surface area contributed by atoms with Crippen LogP contribution in [0.25, 0.3) is 6.08 Å². The summed E-state index contributed by atoms with van der Waals surface area (Å²) in [5.74, 6) is 0.479. The zero-order valence-electron chi connectivity index (χ0n) is 19.3. The van der Waals surface area contributed by atoms with Crippen LogP contribution >= 0.6 is 46.6 Å². The van der Waals surface area contributed by atoms with Crippen molar-refractivity contribution in [3.63, 3.8) is 0 Å². The van der Waals surface area contributed by atoms with Gasteiger partial charge in [-0.15, -0.1) is 0 Å². The predicted octanol–water partition coefficient (Wildman–Crippen LogP) is 9.03. The molecule has 0 bridgehead atoms. The zero-order chi connectivity index (χ0) is 25.8. The summed E-state index contributed by atoms with van der Waals surface area (Å²) < 4.78 is 6.09. The van der Waals surface area contributed by atoms with E-state index in [0.29, 0.717) is 48.9 Å². The van der Waals surface area contributed by atoms with Crippen LogP contribution in [0.1, 0.15) is 11.1 Å². The summed E-state index contributed by atoms with van der Waals surface area (Å²) in [5, 5.41) is 2.40. The molecule has 0 N–H and O–H groups in total. The first-order valence-electron chi connectivity index (χ1n) is 11.3. The van der Waals surface area contributed by atoms with Crippen molar-refractivity contribution in [2.75, 3.05) is 4.90 Å². The fourth-order valence-electron chi connectivity index (χ4n) is 3.61. The number of ether oxygens (including phenoxy) is 1. The molecule has 0 spiro atoms. The monoisotopic (exact) mass is 564 g/mol. The molecule has 0 aliphatic carbocycles. The Balaban J connectivity index is 1.47. The maximum absolute atomic E-state index is 13.6. The minimum atomic E-state index is -0.187. The van der Waals surface area contributed by atoms with Gasteiger partial charge in [0.15, 0.2) is 5.17 Å². The Morgan fingerprint density at radius 1 is 0.784 bits per heavy atom. The number of para-hydroxylation sites is 1. The molecule has 1 aliphatic heterocycles. The average Bonchev–Trinajstić information content (AvgIpc) is 3.20. The number of benzene rings is 4. The van der Waals surface area contributed by atoms with Crippen molar-refractivity contribution in [1.82, 2.24) is 0 Å². The fraction of sp³-hybridized carbons (Fsp3) is 0.0345. The molecular formula is C29H19Cl3N2O2S. The lowest BCUT2D eigenvalue weighted by Crippen LogP contribution is -2.28. The van der Waals surface area contributed by atoms with E-state index in [9.17, 15) is 4.79 Å². The van der Waals surface area contributed by atoms with Crippen molar-refractivity contribution in [1.29, 1.82) is 0 Å². The summed E-state index contributed by atoms with van der Waals surface area (Å²) in [4.78, 5) is 20.5. The van der Waals surface area contributed by atoms with E-state index in [1.54, 1.807) is 41.3 Å². The number of rotatable bonds is 6. The Bertz CT molecular complexity index is 1490. The zero-order valence-corrected chi connectivity index (χ0v) is 22.4. The molecule has 4 aromatic carbocycles. The standard InChI is InChI=1S/C29H19Cl3N2O2S/c30-21-7-5-19(6-8-21)18-36-26-4-2-1-3-20(26)17-27-28(35)34(25-15-11-23(32)12-16-25)29(37-27)33-24-13-9-22(31)10-14-24/h1-17H,18H2/b27-17-,33-29?. The number of aliphatic imine (C=N–C) groups is 1. The summed E-state index contributed by atoms with van der Waals surface area (Å²) in [6, 6.07) is 29.3. The summed E-state index contributed by atoms with van der Waals surface area (Å²) in [6.07, 6.45) is 1.83. The van der Waals surface area contributed by atoms with E-state index < -0.39 is 0 Å². The van der Waals surface area contributed by atoms with Gasteiger partial charge in [-0.1, -0.05) is 65.1 Å². The number of carbonyl (C=O) groups is 1. The summed E-state index contributed by atoms with van der Waals surface area (Å²) in [5.41, 5.74) is 3.14. The third-order valence-electron chi connectivity index (χ3n) is 5.46. The molecule has 0 unspecified atom stereocenters. The highest BCUT2D eigenvalue weighted by molar-refractivity contribution is 8.19. The molecule has 5 rings (SSSR count). The molecule has 1 amide bonds. The minimum absolute atomic E-state index is 0.187. The lowest BCUT2D eigenvalue weighted by Gasteiger charge is -2.15. The molecule has 8 heteroatoms. The molecule has 0 saturated carbocycles. The van der Waals surface area contributed by atoms with Gasteiger partial charge in [-0.3, -0.25) is 9.69 Å². The van der Waals surface area contributed by atoms with E-state index in [2.05, 4.69) is 0 Å². The number of carbonyl (C=O) groups excluding carboxylic acids is 1. The van der Waals surface area contributed by atoms with E-state index in [0.717, 1.165) is 11.1 Å². The third-order valence-corrected chi connectivity index (χ3v) is 7.18. The first-order valence-corrected chi connectivity index (χ1v) is 13.2. The Kier molecular flexibility index (Phi) is 7.87. The lowest BCUT2D eigenvalue weighted by atomic mass is 10.1. The quantitative estimate of drug-likeness (QED) is 0.219. The van der Waals surface area contributed by atoms with Crippen LogP contribution in [-0.2, 0) is 11.4 Å². The minimum Gasteiger partial charge on any atom is -0.488 e. The van der Waals surface area contributed by atoms with Crippen molar-refractivity contribution >= 4 is 75.1 Å². The van der Waals surface area contributed by atoms with Gasteiger partial charge in [0, 0.05) is 20.6 Å². The highest BCUT2D eigenvalue weighted by Gasteiger charge is 2.35.